The van der Waals surface area contributed by atoms with Crippen LogP contribution in [0.1, 0.15) is 24.8 Å². The monoisotopic (exact) mass is 571 g/mol. The number of nitrogens with zero attached hydrogens (tertiary/aromatic N) is 5. The molecule has 0 saturated carbocycles. The predicted molar refractivity (Wildman–Crippen MR) is 152 cm³/mol. The Bertz CT molecular complexity index is 1090. The lowest BCUT2D eigenvalue weighted by molar-refractivity contribution is -0.132. The molecule has 0 atom stereocenters. The molecular weight excluding hydrogens is 530 g/mol. The number of piperidine rings is 1. The number of nitrogens with two attached hydrogens (primary N) is 2. The Kier molecular flexibility index (Phi) is 10.6. The minimum absolute atomic E-state index is 0.0348. The van der Waals surface area contributed by atoms with Crippen molar-refractivity contribution in [2.75, 3.05) is 72.0 Å². The second kappa shape index (κ2) is 14.5. The van der Waals surface area contributed by atoms with Crippen molar-refractivity contribution in [1.29, 1.82) is 0 Å². The van der Waals surface area contributed by atoms with Crippen molar-refractivity contribution < 1.29 is 23.9 Å². The average molecular weight is 572 g/mol. The molecule has 1 aromatic carbocycles. The third-order valence-electron chi connectivity index (χ3n) is 7.73. The Hall–Kier alpha value is -4.07. The fourth-order valence-electron chi connectivity index (χ4n) is 5.22. The second-order valence-corrected chi connectivity index (χ2v) is 10.6. The summed E-state index contributed by atoms with van der Waals surface area (Å²) in [5.41, 5.74) is 12.2. The lowest BCUT2D eigenvalue weighted by atomic mass is 9.95. The van der Waals surface area contributed by atoms with Gasteiger partial charge in [-0.25, -0.2) is 19.4 Å². The highest BCUT2D eigenvalue weighted by Gasteiger charge is 2.30. The first-order chi connectivity index (χ1) is 19.8. The molecule has 0 bridgehead atoms. The van der Waals surface area contributed by atoms with E-state index in [0.717, 1.165) is 37.9 Å². The maximum atomic E-state index is 12.7. The summed E-state index contributed by atoms with van der Waals surface area (Å²) in [4.78, 5) is 60.6. The van der Waals surface area contributed by atoms with Crippen LogP contribution < -0.4 is 22.1 Å². The molecule has 6 N–H and O–H groups in total. The van der Waals surface area contributed by atoms with Crippen LogP contribution in [0.4, 0.5) is 20.1 Å². The number of hydrogen-bond acceptors (Lipinski definition) is 7. The smallest absolute Gasteiger partial charge is 0.370 e. The molecule has 3 aliphatic heterocycles. The number of piperazine rings is 2. The Labute approximate surface area is 240 Å². The highest BCUT2D eigenvalue weighted by atomic mass is 16.6. The lowest BCUT2D eigenvalue weighted by Gasteiger charge is -2.36. The van der Waals surface area contributed by atoms with Gasteiger partial charge in [-0.15, -0.1) is 0 Å². The van der Waals surface area contributed by atoms with Gasteiger partial charge in [-0.2, -0.15) is 0 Å². The van der Waals surface area contributed by atoms with E-state index in [4.69, 9.17) is 16.2 Å². The summed E-state index contributed by atoms with van der Waals surface area (Å²) >= 11 is 0. The Morgan fingerprint density at radius 2 is 1.37 bits per heavy atom. The van der Waals surface area contributed by atoms with E-state index in [1.165, 1.54) is 9.80 Å². The number of aliphatic imine (C=N–C) groups is 1. The number of benzene rings is 1. The lowest BCUT2D eigenvalue weighted by Crippen LogP contribution is -2.55. The molecule has 224 valence electrons. The van der Waals surface area contributed by atoms with Crippen LogP contribution in [-0.4, -0.2) is 122 Å². The normalized spacial score (nSPS) is 18.0. The van der Waals surface area contributed by atoms with Crippen LogP contribution in [0, 0.1) is 5.92 Å². The van der Waals surface area contributed by atoms with E-state index < -0.39 is 12.2 Å². The van der Waals surface area contributed by atoms with Crippen LogP contribution in [0.5, 0.6) is 0 Å². The van der Waals surface area contributed by atoms with E-state index in [1.54, 1.807) is 34.1 Å². The quantitative estimate of drug-likeness (QED) is 0.213. The van der Waals surface area contributed by atoms with Gasteiger partial charge in [0, 0.05) is 58.9 Å². The van der Waals surface area contributed by atoms with Gasteiger partial charge in [-0.05, 0) is 56.0 Å². The van der Waals surface area contributed by atoms with Crippen molar-refractivity contribution in [3.8, 4) is 0 Å². The van der Waals surface area contributed by atoms with Crippen molar-refractivity contribution in [2.45, 2.75) is 25.7 Å². The van der Waals surface area contributed by atoms with Crippen LogP contribution in [0.25, 0.3) is 0 Å². The van der Waals surface area contributed by atoms with E-state index in [2.05, 4.69) is 15.6 Å². The zero-order valence-electron chi connectivity index (χ0n) is 23.4. The number of ether oxygens (including phenoxy) is 1. The van der Waals surface area contributed by atoms with Gasteiger partial charge in [0.05, 0.1) is 12.1 Å². The third-order valence-corrected chi connectivity index (χ3v) is 7.73. The molecule has 3 saturated heterocycles. The number of nitrogens with one attached hydrogen (secondary N) is 2. The molecular formula is C27H41N9O5. The first kappa shape index (κ1) is 29.9. The highest BCUT2D eigenvalue weighted by Crippen LogP contribution is 2.16. The van der Waals surface area contributed by atoms with Crippen molar-refractivity contribution in [2.24, 2.45) is 22.4 Å². The first-order valence-electron chi connectivity index (χ1n) is 14.2. The number of urea groups is 1. The van der Waals surface area contributed by atoms with Crippen LogP contribution in [0.15, 0.2) is 29.3 Å². The first-order valence-corrected chi connectivity index (χ1v) is 14.2. The summed E-state index contributed by atoms with van der Waals surface area (Å²) in [7, 11) is 0. The van der Waals surface area contributed by atoms with Crippen LogP contribution in [0.3, 0.4) is 0 Å². The SMILES string of the molecule is NC(N)=Nc1ccc(CC(=O)N2CCN(C(=O)OC(=O)N3CCN(C(=O)NCCC4CCNCC4)CC3)CC2)cc1. The van der Waals surface area contributed by atoms with E-state index in [0.29, 0.717) is 57.4 Å². The molecule has 3 aliphatic rings. The summed E-state index contributed by atoms with van der Waals surface area (Å²) in [6.07, 6.45) is 2.02. The topological polar surface area (TPSA) is 179 Å². The predicted octanol–water partition coefficient (Wildman–Crippen LogP) is 0.252. The number of amides is 5. The zero-order valence-corrected chi connectivity index (χ0v) is 23.4. The molecule has 1 aromatic rings. The fourth-order valence-corrected chi connectivity index (χ4v) is 5.22. The van der Waals surface area contributed by atoms with Gasteiger partial charge >= 0.3 is 18.2 Å². The van der Waals surface area contributed by atoms with E-state index in [-0.39, 0.29) is 37.4 Å². The van der Waals surface area contributed by atoms with Crippen LogP contribution in [-0.2, 0) is 16.0 Å². The van der Waals surface area contributed by atoms with Gasteiger partial charge in [0.1, 0.15) is 0 Å². The maximum absolute atomic E-state index is 12.7. The molecule has 0 aliphatic carbocycles. The molecule has 3 heterocycles. The van der Waals surface area contributed by atoms with Gasteiger partial charge in [-0.3, -0.25) is 4.79 Å². The molecule has 14 nitrogen and oxygen atoms in total. The number of guanidine groups is 1. The van der Waals surface area contributed by atoms with Crippen molar-refractivity contribution in [1.82, 2.24) is 30.2 Å². The van der Waals surface area contributed by atoms with E-state index >= 15 is 0 Å². The highest BCUT2D eigenvalue weighted by molar-refractivity contribution is 5.84. The Balaban J connectivity index is 1.12. The number of rotatable bonds is 6. The van der Waals surface area contributed by atoms with Crippen molar-refractivity contribution >= 4 is 35.8 Å². The molecule has 4 rings (SSSR count). The van der Waals surface area contributed by atoms with Crippen LogP contribution >= 0.6 is 0 Å². The second-order valence-electron chi connectivity index (χ2n) is 10.6. The molecule has 0 aromatic heterocycles. The minimum Gasteiger partial charge on any atom is -0.370 e. The standard InChI is InChI=1S/C27H41N9O5/c28-24(29)32-22-3-1-21(2-4-22)19-23(37)33-11-15-35(16-12-33)26(39)41-27(40)36-17-13-34(14-18-36)25(38)31-10-7-20-5-8-30-9-6-20/h1-4,20,30H,5-19H2,(H,31,38)(H4,28,29,32). The molecule has 5 amide bonds. The fraction of sp³-hybridized carbons (Fsp3) is 0.593. The zero-order chi connectivity index (χ0) is 29.2. The van der Waals surface area contributed by atoms with Gasteiger partial charge in [0.25, 0.3) is 0 Å². The largest absolute Gasteiger partial charge is 0.418 e. The van der Waals surface area contributed by atoms with E-state index in [1.807, 2.05) is 0 Å². The summed E-state index contributed by atoms with van der Waals surface area (Å²) in [5.74, 6) is 0.551. The Morgan fingerprint density at radius 1 is 0.829 bits per heavy atom. The third kappa shape index (κ3) is 8.96. The number of hydrogen-bond donors (Lipinski definition) is 4. The maximum Gasteiger partial charge on any atom is 0.418 e. The summed E-state index contributed by atoms with van der Waals surface area (Å²) in [6, 6.07) is 6.93. The molecule has 3 fully saturated rings. The molecule has 0 spiro atoms. The summed E-state index contributed by atoms with van der Waals surface area (Å²) in [5, 5.41) is 6.33. The van der Waals surface area contributed by atoms with Gasteiger partial charge < -0.3 is 46.4 Å². The van der Waals surface area contributed by atoms with Crippen molar-refractivity contribution in [3.63, 3.8) is 0 Å². The summed E-state index contributed by atoms with van der Waals surface area (Å²) < 4.78 is 5.11. The molecule has 0 unspecified atom stereocenters. The average Bonchev–Trinajstić information content (AvgIpc) is 2.98. The van der Waals surface area contributed by atoms with E-state index in [9.17, 15) is 19.2 Å². The molecule has 14 heteroatoms. The van der Waals surface area contributed by atoms with Crippen molar-refractivity contribution in [3.05, 3.63) is 29.8 Å². The molecule has 41 heavy (non-hydrogen) atoms. The van der Waals surface area contributed by atoms with Crippen LogP contribution in [0.2, 0.25) is 0 Å². The number of carbonyl (C=O) groups excluding carboxylic acids is 4. The van der Waals surface area contributed by atoms with Gasteiger partial charge in [0.2, 0.25) is 5.91 Å². The van der Waals surface area contributed by atoms with Gasteiger partial charge in [-0.1, -0.05) is 12.1 Å². The van der Waals surface area contributed by atoms with Gasteiger partial charge in [0.15, 0.2) is 5.96 Å². The minimum atomic E-state index is -0.726. The Morgan fingerprint density at radius 3 is 1.93 bits per heavy atom. The molecule has 0 radical (unpaired) electrons. The summed E-state index contributed by atoms with van der Waals surface area (Å²) in [6.45, 7) is 5.29. The number of carbonyl (C=O) groups is 4.